The Balaban J connectivity index is 1.95. The van der Waals surface area contributed by atoms with E-state index < -0.39 is 17.6 Å². The van der Waals surface area contributed by atoms with E-state index in [4.69, 9.17) is 4.74 Å². The van der Waals surface area contributed by atoms with Crippen molar-refractivity contribution >= 4 is 34.1 Å². The first-order valence-electron chi connectivity index (χ1n) is 8.25. The first-order valence-corrected chi connectivity index (χ1v) is 9.13. The number of thiophene rings is 1. The zero-order valence-corrected chi connectivity index (χ0v) is 15.7. The van der Waals surface area contributed by atoms with Crippen molar-refractivity contribution in [2.45, 2.75) is 32.4 Å². The lowest BCUT2D eigenvalue weighted by atomic mass is 10.0. The number of ether oxygens (including phenoxy) is 1. The molecule has 0 aliphatic carbocycles. The van der Waals surface area contributed by atoms with Crippen LogP contribution in [0.2, 0.25) is 0 Å². The molecule has 0 saturated carbocycles. The number of nitrogens with zero attached hydrogens (tertiary/aromatic N) is 1. The van der Waals surface area contributed by atoms with Crippen molar-refractivity contribution in [2.24, 2.45) is 0 Å². The number of benzene rings is 1. The maximum atomic E-state index is 12.8. The number of amides is 1. The van der Waals surface area contributed by atoms with Gasteiger partial charge in [0.1, 0.15) is 4.88 Å². The minimum Gasteiger partial charge on any atom is -0.443 e. The van der Waals surface area contributed by atoms with Crippen molar-refractivity contribution in [2.75, 3.05) is 0 Å². The topological polar surface area (TPSA) is 68.3 Å². The number of carbonyl (C=O) groups is 2. The maximum absolute atomic E-state index is 12.8. The van der Waals surface area contributed by atoms with Gasteiger partial charge in [-0.2, -0.15) is 0 Å². The number of hydrogen-bond donors (Lipinski definition) is 1. The number of fused-ring (bicyclic) bond motifs is 1. The van der Waals surface area contributed by atoms with E-state index in [9.17, 15) is 9.59 Å². The first kappa shape index (κ1) is 18.1. The largest absolute Gasteiger partial charge is 0.443 e. The van der Waals surface area contributed by atoms with Crippen molar-refractivity contribution in [1.29, 1.82) is 0 Å². The van der Waals surface area contributed by atoms with Crippen molar-refractivity contribution in [1.82, 2.24) is 10.3 Å². The second-order valence-corrected chi connectivity index (χ2v) is 7.91. The Morgan fingerprint density at radius 1 is 1.15 bits per heavy atom. The van der Waals surface area contributed by atoms with E-state index in [-0.39, 0.29) is 5.91 Å². The van der Waals surface area contributed by atoms with Crippen molar-refractivity contribution < 1.29 is 14.3 Å². The molecule has 6 heteroatoms. The van der Waals surface area contributed by atoms with Crippen LogP contribution in [-0.4, -0.2) is 22.4 Å². The van der Waals surface area contributed by atoms with Gasteiger partial charge in [0.15, 0.2) is 0 Å². The van der Waals surface area contributed by atoms with E-state index in [0.29, 0.717) is 10.4 Å². The van der Waals surface area contributed by atoms with Crippen LogP contribution in [0.3, 0.4) is 0 Å². The van der Waals surface area contributed by atoms with Gasteiger partial charge in [0.2, 0.25) is 6.10 Å². The fraction of sp³-hybridized carbons (Fsp3) is 0.250. The summed E-state index contributed by atoms with van der Waals surface area (Å²) >= 11 is 1.28. The van der Waals surface area contributed by atoms with Crippen molar-refractivity contribution in [3.8, 4) is 0 Å². The predicted molar refractivity (Wildman–Crippen MR) is 102 cm³/mol. The first-order chi connectivity index (χ1) is 12.3. The molecule has 1 N–H and O–H groups in total. The summed E-state index contributed by atoms with van der Waals surface area (Å²) in [5.74, 6) is -0.869. The Kier molecular flexibility index (Phi) is 5.04. The number of esters is 1. The van der Waals surface area contributed by atoms with Gasteiger partial charge in [-0.3, -0.25) is 9.78 Å². The second kappa shape index (κ2) is 7.25. The molecule has 2 aromatic heterocycles. The minimum absolute atomic E-state index is 0.356. The monoisotopic (exact) mass is 368 g/mol. The zero-order valence-electron chi connectivity index (χ0n) is 14.9. The molecule has 0 saturated heterocycles. The summed E-state index contributed by atoms with van der Waals surface area (Å²) in [6.45, 7) is 5.65. The molecule has 0 fully saturated rings. The Hall–Kier alpha value is -2.73. The van der Waals surface area contributed by atoms with E-state index in [2.05, 4.69) is 10.3 Å². The van der Waals surface area contributed by atoms with E-state index in [1.807, 2.05) is 45.0 Å². The van der Waals surface area contributed by atoms with Crippen LogP contribution < -0.4 is 5.32 Å². The highest BCUT2D eigenvalue weighted by atomic mass is 32.1. The molecule has 26 heavy (non-hydrogen) atoms. The van der Waals surface area contributed by atoms with Crippen LogP contribution >= 0.6 is 11.3 Å². The molecule has 0 bridgehead atoms. The lowest BCUT2D eigenvalue weighted by Gasteiger charge is -2.25. The van der Waals surface area contributed by atoms with Gasteiger partial charge in [0.05, 0.1) is 5.52 Å². The summed E-state index contributed by atoms with van der Waals surface area (Å²) in [4.78, 5) is 30.0. The molecule has 2 heterocycles. The maximum Gasteiger partial charge on any atom is 0.349 e. The molecule has 134 valence electrons. The van der Waals surface area contributed by atoms with Crippen LogP contribution in [0.4, 0.5) is 0 Å². The summed E-state index contributed by atoms with van der Waals surface area (Å²) in [5.41, 5.74) is 0.983. The number of rotatable bonds is 4. The molecular formula is C20H20N2O3S. The van der Waals surface area contributed by atoms with Crippen LogP contribution in [0.1, 0.15) is 42.1 Å². The highest BCUT2D eigenvalue weighted by Gasteiger charge is 2.29. The molecule has 0 unspecified atom stereocenters. The van der Waals surface area contributed by atoms with Crippen LogP contribution in [0, 0.1) is 0 Å². The molecule has 0 aliphatic heterocycles. The van der Waals surface area contributed by atoms with Gasteiger partial charge in [0, 0.05) is 22.7 Å². The molecule has 1 aromatic carbocycles. The lowest BCUT2D eigenvalue weighted by molar-refractivity contribution is -0.131. The van der Waals surface area contributed by atoms with Gasteiger partial charge in [-0.05, 0) is 50.4 Å². The van der Waals surface area contributed by atoms with Crippen LogP contribution in [0.5, 0.6) is 0 Å². The zero-order chi connectivity index (χ0) is 18.7. The quantitative estimate of drug-likeness (QED) is 0.704. The fourth-order valence-electron chi connectivity index (χ4n) is 2.53. The Morgan fingerprint density at radius 3 is 2.65 bits per heavy atom. The summed E-state index contributed by atoms with van der Waals surface area (Å²) in [6, 6.07) is 12.6. The van der Waals surface area contributed by atoms with Crippen LogP contribution in [-0.2, 0) is 9.53 Å². The third-order valence-corrected chi connectivity index (χ3v) is 4.46. The molecule has 3 rings (SSSR count). The normalized spacial score (nSPS) is 12.6. The van der Waals surface area contributed by atoms with E-state index in [1.165, 1.54) is 11.3 Å². The van der Waals surface area contributed by atoms with Gasteiger partial charge >= 0.3 is 5.97 Å². The van der Waals surface area contributed by atoms with Gasteiger partial charge in [0.25, 0.3) is 5.91 Å². The number of aromatic nitrogens is 1. The van der Waals surface area contributed by atoms with Gasteiger partial charge in [-0.15, -0.1) is 11.3 Å². The van der Waals surface area contributed by atoms with E-state index in [0.717, 1.165) is 10.9 Å². The Morgan fingerprint density at radius 2 is 1.96 bits per heavy atom. The van der Waals surface area contributed by atoms with Gasteiger partial charge in [-0.25, -0.2) is 4.79 Å². The molecule has 1 atom stereocenters. The summed E-state index contributed by atoms with van der Waals surface area (Å²) in [6.07, 6.45) is 0.677. The summed E-state index contributed by atoms with van der Waals surface area (Å²) in [5, 5.41) is 5.56. The average molecular weight is 368 g/mol. The predicted octanol–water partition coefficient (Wildman–Crippen LogP) is 4.11. The van der Waals surface area contributed by atoms with Gasteiger partial charge in [-0.1, -0.05) is 18.2 Å². The number of nitrogens with one attached hydrogen (secondary N) is 1. The fourth-order valence-corrected chi connectivity index (χ4v) is 3.13. The van der Waals surface area contributed by atoms with E-state index >= 15 is 0 Å². The summed E-state index contributed by atoms with van der Waals surface area (Å²) in [7, 11) is 0. The molecule has 5 nitrogen and oxygen atoms in total. The number of hydrogen-bond acceptors (Lipinski definition) is 5. The van der Waals surface area contributed by atoms with Crippen LogP contribution in [0.25, 0.3) is 10.9 Å². The molecular weight excluding hydrogens is 348 g/mol. The van der Waals surface area contributed by atoms with Gasteiger partial charge < -0.3 is 10.1 Å². The molecule has 0 radical (unpaired) electrons. The van der Waals surface area contributed by atoms with E-state index in [1.54, 1.807) is 29.8 Å². The molecule has 1 amide bonds. The third kappa shape index (κ3) is 4.26. The second-order valence-electron chi connectivity index (χ2n) is 6.96. The molecule has 0 spiro atoms. The third-order valence-electron chi connectivity index (χ3n) is 3.61. The number of pyridine rings is 1. The lowest BCUT2D eigenvalue weighted by Crippen LogP contribution is -2.44. The van der Waals surface area contributed by atoms with Crippen molar-refractivity contribution in [3.05, 3.63) is 64.5 Å². The Bertz CT molecular complexity index is 930. The standard InChI is InChI=1S/C20H20N2O3S/c1-20(2,3)22-18(23)17(25-19(24)16-7-5-11-26-16)14-8-9-15-13(12-14)6-4-10-21-15/h4-12,17H,1-3H3,(H,22,23)/t17-/m0/s1. The Labute approximate surface area is 156 Å². The highest BCUT2D eigenvalue weighted by molar-refractivity contribution is 7.11. The van der Waals surface area contributed by atoms with Crippen LogP contribution in [0.15, 0.2) is 54.0 Å². The average Bonchev–Trinajstić information content (AvgIpc) is 3.12. The molecule has 0 aliphatic rings. The molecule has 3 aromatic rings. The van der Waals surface area contributed by atoms with Crippen molar-refractivity contribution in [3.63, 3.8) is 0 Å². The highest BCUT2D eigenvalue weighted by Crippen LogP contribution is 2.25. The number of carbonyl (C=O) groups excluding carboxylic acids is 2. The SMILES string of the molecule is CC(C)(C)NC(=O)[C@@H](OC(=O)c1cccs1)c1ccc2ncccc2c1. The summed E-state index contributed by atoms with van der Waals surface area (Å²) < 4.78 is 5.58. The smallest absolute Gasteiger partial charge is 0.349 e. The minimum atomic E-state index is -1.03.